The second-order valence-electron chi connectivity index (χ2n) is 8.37. The van der Waals surface area contributed by atoms with Gasteiger partial charge in [-0.1, -0.05) is 60.7 Å². The van der Waals surface area contributed by atoms with E-state index in [-0.39, 0.29) is 0 Å². The van der Waals surface area contributed by atoms with Gasteiger partial charge in [0.25, 0.3) is 5.91 Å². The molecule has 5 aromatic rings. The summed E-state index contributed by atoms with van der Waals surface area (Å²) in [5.41, 5.74) is 6.40. The van der Waals surface area contributed by atoms with Gasteiger partial charge in [-0.3, -0.25) is 4.79 Å². The Bertz CT molecular complexity index is 1610. The van der Waals surface area contributed by atoms with Crippen molar-refractivity contribution in [3.05, 3.63) is 120 Å². The number of rotatable bonds is 8. The first-order valence-corrected chi connectivity index (χ1v) is 12.2. The number of para-hydroxylation sites is 1. The SMILES string of the molecule is CCOc1ccc2[nH]c(C(=O)NN=Cc3ccccc3OC(=O)c3ccccc3)c(-c3ccccc3)c2c1. The summed E-state index contributed by atoms with van der Waals surface area (Å²) in [5, 5.41) is 5.02. The summed E-state index contributed by atoms with van der Waals surface area (Å²) in [6.07, 6.45) is 1.45. The minimum absolute atomic E-state index is 0.332. The highest BCUT2D eigenvalue weighted by molar-refractivity contribution is 6.10. The van der Waals surface area contributed by atoms with E-state index in [9.17, 15) is 9.59 Å². The van der Waals surface area contributed by atoms with Crippen molar-refractivity contribution in [3.8, 4) is 22.6 Å². The molecule has 5 rings (SSSR count). The summed E-state index contributed by atoms with van der Waals surface area (Å²) < 4.78 is 11.2. The fourth-order valence-corrected chi connectivity index (χ4v) is 4.13. The Morgan fingerprint density at radius 3 is 2.37 bits per heavy atom. The molecule has 0 unspecified atom stereocenters. The van der Waals surface area contributed by atoms with Gasteiger partial charge in [0, 0.05) is 22.0 Å². The topological polar surface area (TPSA) is 92.8 Å². The number of carbonyl (C=O) groups excluding carboxylic acids is 2. The van der Waals surface area contributed by atoms with Crippen molar-refractivity contribution in [2.24, 2.45) is 5.10 Å². The van der Waals surface area contributed by atoms with E-state index in [0.717, 1.165) is 27.8 Å². The number of nitrogens with one attached hydrogen (secondary N) is 2. The summed E-state index contributed by atoms with van der Waals surface area (Å²) in [5.74, 6) is 0.168. The first-order valence-electron chi connectivity index (χ1n) is 12.2. The number of hydrogen-bond acceptors (Lipinski definition) is 5. The zero-order valence-electron chi connectivity index (χ0n) is 20.7. The molecule has 38 heavy (non-hydrogen) atoms. The van der Waals surface area contributed by atoms with Crippen LogP contribution in [0.15, 0.2) is 108 Å². The minimum Gasteiger partial charge on any atom is -0.494 e. The normalized spacial score (nSPS) is 11.0. The molecule has 0 aliphatic heterocycles. The number of nitrogens with zero attached hydrogens (tertiary/aromatic N) is 1. The second kappa shape index (κ2) is 11.3. The van der Waals surface area contributed by atoms with Gasteiger partial charge >= 0.3 is 5.97 Å². The van der Waals surface area contributed by atoms with Crippen LogP contribution in [0.3, 0.4) is 0 Å². The molecule has 2 N–H and O–H groups in total. The molecule has 0 saturated carbocycles. The molecule has 1 aromatic heterocycles. The van der Waals surface area contributed by atoms with E-state index in [0.29, 0.717) is 29.2 Å². The Hall–Kier alpha value is -5.17. The third-order valence-corrected chi connectivity index (χ3v) is 5.87. The molecular weight excluding hydrogens is 478 g/mol. The molecule has 0 bridgehead atoms. The number of aromatic amines is 1. The zero-order valence-corrected chi connectivity index (χ0v) is 20.7. The predicted molar refractivity (Wildman–Crippen MR) is 148 cm³/mol. The van der Waals surface area contributed by atoms with E-state index in [1.165, 1.54) is 6.21 Å². The zero-order chi connectivity index (χ0) is 26.3. The van der Waals surface area contributed by atoms with Crippen molar-refractivity contribution in [2.45, 2.75) is 6.92 Å². The maximum Gasteiger partial charge on any atom is 0.343 e. The molecule has 4 aromatic carbocycles. The molecule has 0 atom stereocenters. The molecule has 0 radical (unpaired) electrons. The van der Waals surface area contributed by atoms with Crippen LogP contribution in [0.4, 0.5) is 0 Å². The second-order valence-corrected chi connectivity index (χ2v) is 8.37. The van der Waals surface area contributed by atoms with E-state index in [1.807, 2.05) is 61.5 Å². The third kappa shape index (κ3) is 5.32. The molecule has 7 nitrogen and oxygen atoms in total. The van der Waals surface area contributed by atoms with Gasteiger partial charge < -0.3 is 14.5 Å². The number of H-pyrrole nitrogens is 1. The van der Waals surface area contributed by atoms with E-state index in [2.05, 4.69) is 15.5 Å². The monoisotopic (exact) mass is 503 g/mol. The predicted octanol–water partition coefficient (Wildman–Crippen LogP) is 6.22. The van der Waals surface area contributed by atoms with Crippen molar-refractivity contribution in [3.63, 3.8) is 0 Å². The molecule has 7 heteroatoms. The van der Waals surface area contributed by atoms with Crippen LogP contribution in [0.25, 0.3) is 22.0 Å². The molecular formula is C31H25N3O4. The first-order chi connectivity index (χ1) is 18.6. The molecule has 1 amide bonds. The van der Waals surface area contributed by atoms with Gasteiger partial charge in [-0.05, 0) is 55.0 Å². The highest BCUT2D eigenvalue weighted by Crippen LogP contribution is 2.34. The van der Waals surface area contributed by atoms with Gasteiger partial charge in [0.2, 0.25) is 0 Å². The first kappa shape index (κ1) is 24.5. The lowest BCUT2D eigenvalue weighted by molar-refractivity contribution is 0.0734. The third-order valence-electron chi connectivity index (χ3n) is 5.87. The standard InChI is InChI=1S/C31H25N3O4/c1-2-37-24-17-18-26-25(19-24)28(21-11-5-3-6-12-21)29(33-26)30(35)34-32-20-23-15-9-10-16-27(23)38-31(36)22-13-7-4-8-14-22/h3-20,33H,2H2,1H3,(H,34,35). The van der Waals surface area contributed by atoms with Crippen molar-refractivity contribution in [1.82, 2.24) is 10.4 Å². The smallest absolute Gasteiger partial charge is 0.343 e. The van der Waals surface area contributed by atoms with Crippen molar-refractivity contribution in [1.29, 1.82) is 0 Å². The number of hydrogen-bond donors (Lipinski definition) is 2. The molecule has 188 valence electrons. The van der Waals surface area contributed by atoms with E-state index in [4.69, 9.17) is 9.47 Å². The molecule has 0 saturated heterocycles. The summed E-state index contributed by atoms with van der Waals surface area (Å²) in [7, 11) is 0. The average molecular weight is 504 g/mol. The van der Waals surface area contributed by atoms with Gasteiger partial charge in [0.1, 0.15) is 17.2 Å². The summed E-state index contributed by atoms with van der Waals surface area (Å²) >= 11 is 0. The lowest BCUT2D eigenvalue weighted by Gasteiger charge is -2.07. The van der Waals surface area contributed by atoms with E-state index >= 15 is 0 Å². The fraction of sp³-hybridized carbons (Fsp3) is 0.0645. The van der Waals surface area contributed by atoms with Gasteiger partial charge in [0.15, 0.2) is 0 Å². The van der Waals surface area contributed by atoms with Gasteiger partial charge in [-0.15, -0.1) is 0 Å². The molecule has 0 fully saturated rings. The summed E-state index contributed by atoms with van der Waals surface area (Å²) in [4.78, 5) is 29.0. The van der Waals surface area contributed by atoms with Crippen molar-refractivity contribution >= 4 is 29.0 Å². The maximum atomic E-state index is 13.3. The number of amides is 1. The van der Waals surface area contributed by atoms with Gasteiger partial charge in [-0.25, -0.2) is 10.2 Å². The van der Waals surface area contributed by atoms with Crippen molar-refractivity contribution in [2.75, 3.05) is 6.61 Å². The Morgan fingerprint density at radius 2 is 1.61 bits per heavy atom. The largest absolute Gasteiger partial charge is 0.494 e. The number of ether oxygens (including phenoxy) is 2. The van der Waals surface area contributed by atoms with Crippen LogP contribution in [0.2, 0.25) is 0 Å². The summed E-state index contributed by atoms with van der Waals surface area (Å²) in [6.45, 7) is 2.47. The van der Waals surface area contributed by atoms with Crippen LogP contribution >= 0.6 is 0 Å². The molecule has 1 heterocycles. The molecule has 0 spiro atoms. The molecule has 0 aliphatic rings. The quantitative estimate of drug-likeness (QED) is 0.114. The summed E-state index contributed by atoms with van der Waals surface area (Å²) in [6, 6.07) is 31.1. The van der Waals surface area contributed by atoms with Crippen LogP contribution in [-0.2, 0) is 0 Å². The number of esters is 1. The van der Waals surface area contributed by atoms with Gasteiger partial charge in [-0.2, -0.15) is 5.10 Å². The number of hydrazone groups is 1. The lowest BCUT2D eigenvalue weighted by atomic mass is 10.0. The maximum absolute atomic E-state index is 13.3. The highest BCUT2D eigenvalue weighted by atomic mass is 16.5. The van der Waals surface area contributed by atoms with Crippen LogP contribution in [0.1, 0.15) is 33.3 Å². The van der Waals surface area contributed by atoms with Gasteiger partial charge in [0.05, 0.1) is 18.4 Å². The number of fused-ring (bicyclic) bond motifs is 1. The van der Waals surface area contributed by atoms with Crippen LogP contribution in [0, 0.1) is 0 Å². The Labute approximate surface area is 219 Å². The van der Waals surface area contributed by atoms with Crippen molar-refractivity contribution < 1.29 is 19.1 Å². The van der Waals surface area contributed by atoms with Crippen LogP contribution in [0.5, 0.6) is 11.5 Å². The lowest BCUT2D eigenvalue weighted by Crippen LogP contribution is -2.19. The highest BCUT2D eigenvalue weighted by Gasteiger charge is 2.20. The molecule has 0 aliphatic carbocycles. The Kier molecular flexibility index (Phi) is 7.27. The Morgan fingerprint density at radius 1 is 0.895 bits per heavy atom. The van der Waals surface area contributed by atoms with E-state index < -0.39 is 11.9 Å². The number of benzene rings is 4. The Balaban J connectivity index is 1.40. The minimum atomic E-state index is -0.479. The number of aromatic nitrogens is 1. The fourth-order valence-electron chi connectivity index (χ4n) is 4.13. The average Bonchev–Trinajstić information content (AvgIpc) is 3.34. The van der Waals surface area contributed by atoms with Crippen LogP contribution < -0.4 is 14.9 Å². The van der Waals surface area contributed by atoms with Crippen LogP contribution in [-0.4, -0.2) is 29.7 Å². The van der Waals surface area contributed by atoms with E-state index in [1.54, 1.807) is 48.5 Å². The number of carbonyl (C=O) groups is 2.